The van der Waals surface area contributed by atoms with Gasteiger partial charge in [-0.25, -0.2) is 32.2 Å². The lowest BCUT2D eigenvalue weighted by atomic mass is 10.0. The van der Waals surface area contributed by atoms with E-state index in [1.54, 1.807) is 17.0 Å². The van der Waals surface area contributed by atoms with Gasteiger partial charge >= 0.3 is 0 Å². The van der Waals surface area contributed by atoms with Crippen molar-refractivity contribution in [2.45, 2.75) is 11.8 Å². The summed E-state index contributed by atoms with van der Waals surface area (Å²) in [6.07, 6.45) is 5.48. The summed E-state index contributed by atoms with van der Waals surface area (Å²) >= 11 is 0. The third-order valence-electron chi connectivity index (χ3n) is 6.77. The fraction of sp³-hybridized carbons (Fsp3) is 0.207. The number of amides is 1. The molecule has 5 rings (SSSR count). The Balaban J connectivity index is 0.00000442. The highest BCUT2D eigenvalue weighted by atomic mass is 79.9. The smallest absolute Gasteiger partial charge is 0.264 e. The van der Waals surface area contributed by atoms with Crippen LogP contribution in [0.3, 0.4) is 0 Å². The third-order valence-corrected chi connectivity index (χ3v) is 8.17. The van der Waals surface area contributed by atoms with E-state index in [9.17, 15) is 26.8 Å². The molecule has 0 spiro atoms. The number of anilines is 2. The molecule has 4 aromatic rings. The lowest BCUT2D eigenvalue weighted by molar-refractivity contribution is -0.126. The number of allylic oxidation sites excluding steroid dienone is 1. The molecule has 0 unspecified atom stereocenters. The van der Waals surface area contributed by atoms with Gasteiger partial charge in [-0.2, -0.15) is 0 Å². The van der Waals surface area contributed by atoms with Gasteiger partial charge in [0.05, 0.1) is 12.6 Å². The molecule has 1 N–H and O–H groups in total. The summed E-state index contributed by atoms with van der Waals surface area (Å²) in [5, 5.41) is 0.725. The summed E-state index contributed by atoms with van der Waals surface area (Å²) in [6, 6.07) is 9.09. The Morgan fingerprint density at radius 1 is 0.955 bits per heavy atom. The fourth-order valence-electron chi connectivity index (χ4n) is 4.65. The van der Waals surface area contributed by atoms with Crippen molar-refractivity contribution in [2.75, 3.05) is 42.9 Å². The second-order valence-electron chi connectivity index (χ2n) is 9.65. The molecule has 3 heterocycles. The Hall–Kier alpha value is -4.50. The van der Waals surface area contributed by atoms with E-state index in [0.29, 0.717) is 54.7 Å². The molecular weight excluding hydrogens is 662 g/mol. The first kappa shape index (κ1) is 32.4. The van der Waals surface area contributed by atoms with Gasteiger partial charge in [0.25, 0.3) is 10.0 Å². The zero-order valence-corrected chi connectivity index (χ0v) is 26.1. The Bertz CT molecular complexity index is 1870. The van der Waals surface area contributed by atoms with Crippen molar-refractivity contribution in [3.05, 3.63) is 78.8 Å². The van der Waals surface area contributed by atoms with Gasteiger partial charge in [-0.1, -0.05) is 6.07 Å². The topological polar surface area (TPSA) is 135 Å². The van der Waals surface area contributed by atoms with Gasteiger partial charge in [0.1, 0.15) is 34.4 Å². The number of ether oxygens (including phenoxy) is 1. The van der Waals surface area contributed by atoms with E-state index in [0.717, 1.165) is 17.5 Å². The number of hydrogen-bond acceptors (Lipinski definition) is 9. The zero-order valence-electron chi connectivity index (χ0n) is 23.5. The van der Waals surface area contributed by atoms with Crippen molar-refractivity contribution in [1.82, 2.24) is 19.9 Å². The molecule has 1 saturated heterocycles. The molecule has 1 aliphatic rings. The molecule has 0 aliphatic carbocycles. The van der Waals surface area contributed by atoms with Crippen LogP contribution in [-0.2, 0) is 19.6 Å². The van der Waals surface area contributed by atoms with Gasteiger partial charge in [0, 0.05) is 55.5 Å². The van der Waals surface area contributed by atoms with Crippen LogP contribution in [0.15, 0.2) is 72.0 Å². The van der Waals surface area contributed by atoms with Gasteiger partial charge < -0.3 is 14.5 Å². The van der Waals surface area contributed by atoms with Gasteiger partial charge in [-0.05, 0) is 48.9 Å². The highest BCUT2D eigenvalue weighted by molar-refractivity contribution is 8.93. The molecule has 0 bridgehead atoms. The highest BCUT2D eigenvalue weighted by Crippen LogP contribution is 2.33. The number of pyridine rings is 1. The predicted octanol–water partition coefficient (Wildman–Crippen LogP) is 4.15. The number of hydrogen-bond donors (Lipinski definition) is 1. The Morgan fingerprint density at radius 2 is 1.70 bits per heavy atom. The Morgan fingerprint density at radius 3 is 2.39 bits per heavy atom. The fourth-order valence-corrected chi connectivity index (χ4v) is 5.75. The van der Waals surface area contributed by atoms with Gasteiger partial charge in [0.15, 0.2) is 5.78 Å². The number of benzene rings is 2. The van der Waals surface area contributed by atoms with Crippen LogP contribution in [0.25, 0.3) is 22.0 Å². The number of fused-ring (bicyclic) bond motifs is 1. The van der Waals surface area contributed by atoms with Gasteiger partial charge in [0.2, 0.25) is 11.8 Å². The maximum Gasteiger partial charge on any atom is 0.264 e. The van der Waals surface area contributed by atoms with Crippen LogP contribution in [0.5, 0.6) is 5.88 Å². The van der Waals surface area contributed by atoms with Crippen LogP contribution in [0.2, 0.25) is 0 Å². The molecule has 2 aromatic carbocycles. The van der Waals surface area contributed by atoms with Crippen molar-refractivity contribution in [3.63, 3.8) is 0 Å². The van der Waals surface area contributed by atoms with Crippen LogP contribution in [0.4, 0.5) is 20.3 Å². The van der Waals surface area contributed by atoms with E-state index in [-0.39, 0.29) is 40.2 Å². The Labute approximate surface area is 262 Å². The lowest BCUT2D eigenvalue weighted by Crippen LogP contribution is -2.48. The molecule has 2 aromatic heterocycles. The first-order valence-corrected chi connectivity index (χ1v) is 14.5. The number of methoxy groups -OCH3 is 1. The number of carbonyl (C=O) groups is 2. The minimum Gasteiger partial charge on any atom is -0.480 e. The average Bonchev–Trinajstić information content (AvgIpc) is 2.99. The van der Waals surface area contributed by atoms with Crippen molar-refractivity contribution < 1.29 is 31.5 Å². The van der Waals surface area contributed by atoms with E-state index in [1.165, 1.54) is 44.8 Å². The third kappa shape index (κ3) is 7.00. The normalized spacial score (nSPS) is 13.5. The summed E-state index contributed by atoms with van der Waals surface area (Å²) in [5.41, 5.74) is 1.80. The summed E-state index contributed by atoms with van der Waals surface area (Å²) in [5.74, 6) is -1.97. The number of ketones is 1. The summed E-state index contributed by atoms with van der Waals surface area (Å²) in [4.78, 5) is 39.6. The highest BCUT2D eigenvalue weighted by Gasteiger charge is 2.24. The minimum absolute atomic E-state index is 0. The number of sulfonamides is 1. The summed E-state index contributed by atoms with van der Waals surface area (Å²) in [7, 11) is -3.14. The van der Waals surface area contributed by atoms with Crippen molar-refractivity contribution in [2.24, 2.45) is 0 Å². The molecule has 44 heavy (non-hydrogen) atoms. The monoisotopic (exact) mass is 688 g/mol. The van der Waals surface area contributed by atoms with Gasteiger partial charge in [-0.15, -0.1) is 17.0 Å². The molecule has 15 heteroatoms. The first-order valence-electron chi connectivity index (χ1n) is 13.1. The minimum atomic E-state index is -4.45. The maximum absolute atomic E-state index is 14.3. The molecule has 230 valence electrons. The summed E-state index contributed by atoms with van der Waals surface area (Å²) < 4.78 is 61.1. The second-order valence-corrected chi connectivity index (χ2v) is 11.3. The second kappa shape index (κ2) is 13.4. The van der Waals surface area contributed by atoms with Crippen LogP contribution in [0, 0.1) is 11.6 Å². The average molecular weight is 690 g/mol. The molecule has 1 aliphatic heterocycles. The zero-order chi connectivity index (χ0) is 30.7. The summed E-state index contributed by atoms with van der Waals surface area (Å²) in [6.45, 7) is 3.27. The van der Waals surface area contributed by atoms with Crippen molar-refractivity contribution in [1.29, 1.82) is 0 Å². The quantitative estimate of drug-likeness (QED) is 0.271. The van der Waals surface area contributed by atoms with E-state index in [2.05, 4.69) is 19.7 Å². The molecule has 11 nitrogen and oxygen atoms in total. The van der Waals surface area contributed by atoms with E-state index < -0.39 is 26.6 Å². The first-order chi connectivity index (χ1) is 20.6. The molecule has 1 amide bonds. The van der Waals surface area contributed by atoms with E-state index in [1.807, 2.05) is 11.0 Å². The lowest BCUT2D eigenvalue weighted by Gasteiger charge is -2.35. The van der Waals surface area contributed by atoms with E-state index >= 15 is 0 Å². The number of halogens is 3. The van der Waals surface area contributed by atoms with E-state index in [4.69, 9.17) is 4.74 Å². The number of nitrogens with one attached hydrogen (secondary N) is 1. The molecule has 1 fully saturated rings. The standard InChI is InChI=1S/C29H26F2N6O5S.BrH/c1-18(38)3-8-27(39)36-9-11-37(12-10-36)28-22-13-19(4-6-24(22)33-17-34-28)20-14-25(29(42-2)32-16-20)35-43(40,41)26-7-5-21(30)15-23(26)31;/h3-8,13-17,35H,9-12H2,1-2H3;1H/b8-3+;. The van der Waals surface area contributed by atoms with Gasteiger partial charge in [-0.3, -0.25) is 14.3 Å². The largest absolute Gasteiger partial charge is 0.480 e. The SMILES string of the molecule is Br.COc1ncc(-c2ccc3ncnc(N4CCN(C(=O)/C=C/C(C)=O)CC4)c3c2)cc1NS(=O)(=O)c1ccc(F)cc1F. The number of aromatic nitrogens is 3. The van der Waals surface area contributed by atoms with Crippen LogP contribution >= 0.6 is 17.0 Å². The maximum atomic E-state index is 14.3. The van der Waals surface area contributed by atoms with Crippen LogP contribution in [-0.4, -0.2) is 73.2 Å². The van der Waals surface area contributed by atoms with Crippen LogP contribution < -0.4 is 14.4 Å². The molecular formula is C29H27BrF2N6O5S. The molecule has 0 saturated carbocycles. The number of piperazine rings is 1. The van der Waals surface area contributed by atoms with Crippen molar-refractivity contribution >= 4 is 61.1 Å². The number of rotatable bonds is 8. The Kier molecular flexibility index (Phi) is 9.89. The van der Waals surface area contributed by atoms with Crippen molar-refractivity contribution in [3.8, 4) is 17.0 Å². The predicted molar refractivity (Wildman–Crippen MR) is 165 cm³/mol. The number of carbonyl (C=O) groups excluding carboxylic acids is 2. The molecule has 0 radical (unpaired) electrons. The number of nitrogens with zero attached hydrogens (tertiary/aromatic N) is 5. The van der Waals surface area contributed by atoms with Crippen LogP contribution in [0.1, 0.15) is 6.92 Å². The molecule has 0 atom stereocenters.